The van der Waals surface area contributed by atoms with Crippen LogP contribution in [0.25, 0.3) is 0 Å². The lowest BCUT2D eigenvalue weighted by Gasteiger charge is -2.10. The molecule has 0 saturated heterocycles. The fourth-order valence-electron chi connectivity index (χ4n) is 1.75. The van der Waals surface area contributed by atoms with Gasteiger partial charge in [0, 0.05) is 19.4 Å². The first-order valence-electron chi connectivity index (χ1n) is 6.21. The minimum Gasteiger partial charge on any atom is -0.375 e. The largest absolute Gasteiger partial charge is 0.375 e. The maximum absolute atomic E-state index is 11.9. The Bertz CT molecular complexity index is 441. The summed E-state index contributed by atoms with van der Waals surface area (Å²) in [5, 5.41) is 3.01. The van der Waals surface area contributed by atoms with Crippen LogP contribution in [0.3, 0.4) is 0 Å². The zero-order valence-corrected chi connectivity index (χ0v) is 12.2. The van der Waals surface area contributed by atoms with Crippen molar-refractivity contribution in [2.45, 2.75) is 31.6 Å². The van der Waals surface area contributed by atoms with E-state index in [0.717, 1.165) is 28.8 Å². The van der Waals surface area contributed by atoms with Crippen LogP contribution in [0.15, 0.2) is 4.47 Å². The van der Waals surface area contributed by atoms with Gasteiger partial charge in [-0.2, -0.15) is 0 Å². The van der Waals surface area contributed by atoms with E-state index in [4.69, 9.17) is 4.74 Å². The zero-order valence-electron chi connectivity index (χ0n) is 10.6. The van der Waals surface area contributed by atoms with Gasteiger partial charge in [-0.05, 0) is 28.8 Å². The highest BCUT2D eigenvalue weighted by Crippen LogP contribution is 2.43. The highest BCUT2D eigenvalue weighted by molar-refractivity contribution is 9.10. The van der Waals surface area contributed by atoms with E-state index in [0.29, 0.717) is 18.2 Å². The van der Waals surface area contributed by atoms with Gasteiger partial charge in [-0.15, -0.1) is 0 Å². The molecule has 0 atom stereocenters. The average Bonchev–Trinajstić information content (AvgIpc) is 3.20. The van der Waals surface area contributed by atoms with Crippen molar-refractivity contribution in [2.75, 3.05) is 25.6 Å². The predicted molar refractivity (Wildman–Crippen MR) is 71.8 cm³/mol. The second-order valence-electron chi connectivity index (χ2n) is 4.43. The summed E-state index contributed by atoms with van der Waals surface area (Å²) < 4.78 is 29.6. The van der Waals surface area contributed by atoms with Crippen LogP contribution in [0, 0.1) is 0 Å². The van der Waals surface area contributed by atoms with Crippen molar-refractivity contribution in [3.63, 3.8) is 0 Å². The molecule has 1 aliphatic rings. The summed E-state index contributed by atoms with van der Waals surface area (Å²) >= 11 is 3.50. The second kappa shape index (κ2) is 6.56. The summed E-state index contributed by atoms with van der Waals surface area (Å²) in [6.45, 7) is -0.329. The van der Waals surface area contributed by atoms with Crippen LogP contribution in [-0.4, -0.2) is 36.7 Å². The topological polar surface area (TPSA) is 47.0 Å². The molecule has 2 rings (SSSR count). The third-order valence-corrected chi connectivity index (χ3v) is 3.62. The lowest BCUT2D eigenvalue weighted by Crippen LogP contribution is -2.11. The molecule has 0 aliphatic heterocycles. The second-order valence-corrected chi connectivity index (χ2v) is 5.22. The Morgan fingerprint density at radius 2 is 2.16 bits per heavy atom. The van der Waals surface area contributed by atoms with Crippen LogP contribution < -0.4 is 5.32 Å². The quantitative estimate of drug-likeness (QED) is 0.778. The van der Waals surface area contributed by atoms with E-state index >= 15 is 0 Å². The number of alkyl halides is 2. The van der Waals surface area contributed by atoms with E-state index in [9.17, 15) is 8.78 Å². The van der Waals surface area contributed by atoms with Crippen LogP contribution in [0.2, 0.25) is 0 Å². The molecule has 1 aromatic rings. The van der Waals surface area contributed by atoms with Crippen molar-refractivity contribution in [2.24, 2.45) is 0 Å². The minimum atomic E-state index is -2.43. The van der Waals surface area contributed by atoms with Crippen molar-refractivity contribution < 1.29 is 13.5 Å². The summed E-state index contributed by atoms with van der Waals surface area (Å²) in [5.74, 6) is 1.86. The van der Waals surface area contributed by atoms with Gasteiger partial charge in [0.25, 0.3) is 6.43 Å². The van der Waals surface area contributed by atoms with Gasteiger partial charge in [0.2, 0.25) is 0 Å². The van der Waals surface area contributed by atoms with Crippen molar-refractivity contribution >= 4 is 21.7 Å². The molecule has 0 bridgehead atoms. The van der Waals surface area contributed by atoms with E-state index in [1.165, 1.54) is 0 Å². The first-order valence-corrected chi connectivity index (χ1v) is 7.01. The molecule has 0 spiro atoms. The number of ether oxygens (including phenoxy) is 1. The molecule has 1 N–H and O–H groups in total. The van der Waals surface area contributed by atoms with Crippen molar-refractivity contribution in [3.8, 4) is 0 Å². The van der Waals surface area contributed by atoms with E-state index in [-0.39, 0.29) is 6.61 Å². The van der Waals surface area contributed by atoms with Crippen molar-refractivity contribution in [1.82, 2.24) is 9.97 Å². The number of nitrogens with zero attached hydrogens (tertiary/aromatic N) is 2. The van der Waals surface area contributed by atoms with Crippen molar-refractivity contribution in [1.29, 1.82) is 0 Å². The third-order valence-electron chi connectivity index (χ3n) is 2.84. The Hall–Kier alpha value is -0.820. The molecule has 106 valence electrons. The Labute approximate surface area is 119 Å². The Balaban J connectivity index is 2.01. The van der Waals surface area contributed by atoms with E-state index < -0.39 is 13.0 Å². The summed E-state index contributed by atoms with van der Waals surface area (Å²) in [4.78, 5) is 8.84. The number of aromatic nitrogens is 2. The SMILES string of the molecule is CNc1nc(CCOCC(F)F)nc(C2CC2)c1Br. The fourth-order valence-corrected chi connectivity index (χ4v) is 2.45. The zero-order chi connectivity index (χ0) is 13.8. The van der Waals surface area contributed by atoms with E-state index in [1.54, 1.807) is 7.05 Å². The summed E-state index contributed by atoms with van der Waals surface area (Å²) in [5.41, 5.74) is 1.00. The highest BCUT2D eigenvalue weighted by Gasteiger charge is 2.29. The van der Waals surface area contributed by atoms with Crippen LogP contribution in [0.4, 0.5) is 14.6 Å². The lowest BCUT2D eigenvalue weighted by atomic mass is 10.2. The van der Waals surface area contributed by atoms with Gasteiger partial charge in [0.15, 0.2) is 0 Å². The van der Waals surface area contributed by atoms with Crippen LogP contribution >= 0.6 is 15.9 Å². The number of rotatable bonds is 7. The van der Waals surface area contributed by atoms with E-state index in [2.05, 4.69) is 31.2 Å². The minimum absolute atomic E-state index is 0.208. The molecule has 1 saturated carbocycles. The van der Waals surface area contributed by atoms with Gasteiger partial charge < -0.3 is 10.1 Å². The number of anilines is 1. The average molecular weight is 336 g/mol. The molecule has 1 aliphatic carbocycles. The molecule has 1 heterocycles. The smallest absolute Gasteiger partial charge is 0.261 e. The van der Waals surface area contributed by atoms with Crippen LogP contribution in [0.1, 0.15) is 30.3 Å². The maximum Gasteiger partial charge on any atom is 0.261 e. The fraction of sp³-hybridized carbons (Fsp3) is 0.667. The molecule has 0 radical (unpaired) electrons. The molecule has 1 fully saturated rings. The Kier molecular flexibility index (Phi) is 5.04. The summed E-state index contributed by atoms with van der Waals surface area (Å²) in [6, 6.07) is 0. The molecule has 0 amide bonds. The predicted octanol–water partition coefficient (Wildman–Crippen LogP) is 2.98. The highest BCUT2D eigenvalue weighted by atomic mass is 79.9. The first-order chi connectivity index (χ1) is 9.11. The molecule has 19 heavy (non-hydrogen) atoms. The van der Waals surface area contributed by atoms with E-state index in [1.807, 2.05) is 0 Å². The van der Waals surface area contributed by atoms with Gasteiger partial charge in [-0.1, -0.05) is 0 Å². The molecule has 0 aromatic carbocycles. The Morgan fingerprint density at radius 3 is 2.74 bits per heavy atom. The standard InChI is InChI=1S/C12H16BrF2N3O/c1-16-12-10(13)11(7-2-3-7)17-9(18-12)4-5-19-6-8(14)15/h7-8H,2-6H2,1H3,(H,16,17,18). The number of halogens is 3. The van der Waals surface area contributed by atoms with Gasteiger partial charge in [-0.3, -0.25) is 0 Å². The summed E-state index contributed by atoms with van der Waals surface area (Å²) in [7, 11) is 1.79. The summed E-state index contributed by atoms with van der Waals surface area (Å²) in [6.07, 6.45) is 0.287. The van der Waals surface area contributed by atoms with Gasteiger partial charge in [-0.25, -0.2) is 18.7 Å². The Morgan fingerprint density at radius 1 is 1.42 bits per heavy atom. The first kappa shape index (κ1) is 14.6. The van der Waals surface area contributed by atoms with Gasteiger partial charge in [0.1, 0.15) is 18.2 Å². The molecular weight excluding hydrogens is 320 g/mol. The number of nitrogens with one attached hydrogen (secondary N) is 1. The molecule has 7 heteroatoms. The van der Waals surface area contributed by atoms with Gasteiger partial charge >= 0.3 is 0 Å². The number of hydrogen-bond donors (Lipinski definition) is 1. The van der Waals surface area contributed by atoms with Crippen LogP contribution in [0.5, 0.6) is 0 Å². The normalized spacial score (nSPS) is 15.0. The number of hydrogen-bond acceptors (Lipinski definition) is 4. The molecule has 1 aromatic heterocycles. The lowest BCUT2D eigenvalue weighted by molar-refractivity contribution is 0.0183. The maximum atomic E-state index is 11.9. The molecule has 4 nitrogen and oxygen atoms in total. The van der Waals surface area contributed by atoms with Gasteiger partial charge in [0.05, 0.1) is 16.8 Å². The van der Waals surface area contributed by atoms with Crippen LogP contribution in [-0.2, 0) is 11.2 Å². The van der Waals surface area contributed by atoms with Crippen molar-refractivity contribution in [3.05, 3.63) is 16.0 Å². The monoisotopic (exact) mass is 335 g/mol. The molecule has 0 unspecified atom stereocenters. The third kappa shape index (κ3) is 4.07. The molecular formula is C12H16BrF2N3O.